The molecule has 17 heavy (non-hydrogen) atoms. The predicted molar refractivity (Wildman–Crippen MR) is 72.5 cm³/mol. The summed E-state index contributed by atoms with van der Waals surface area (Å²) < 4.78 is 5.61. The normalized spacial score (nSPS) is 12.8. The first kappa shape index (κ1) is 12.4. The van der Waals surface area contributed by atoms with Gasteiger partial charge in [-0.1, -0.05) is 6.92 Å². The van der Waals surface area contributed by atoms with Gasteiger partial charge >= 0.3 is 0 Å². The first-order valence-corrected chi connectivity index (χ1v) is 7.04. The molecule has 0 aliphatic heterocycles. The van der Waals surface area contributed by atoms with Gasteiger partial charge in [0.05, 0.1) is 12.3 Å². The van der Waals surface area contributed by atoms with Crippen molar-refractivity contribution in [3.63, 3.8) is 0 Å². The number of furan rings is 1. The molecule has 0 saturated carbocycles. The second-order valence-corrected chi connectivity index (χ2v) is 5.09. The summed E-state index contributed by atoms with van der Waals surface area (Å²) in [6, 6.07) is 4.51. The van der Waals surface area contributed by atoms with Gasteiger partial charge < -0.3 is 9.73 Å². The predicted octanol–water partition coefficient (Wildman–Crippen LogP) is 3.93. The van der Waals surface area contributed by atoms with E-state index in [9.17, 15) is 0 Å². The van der Waals surface area contributed by atoms with Crippen molar-refractivity contribution in [2.24, 2.45) is 0 Å². The van der Waals surface area contributed by atoms with Crippen molar-refractivity contribution in [2.45, 2.75) is 32.7 Å². The van der Waals surface area contributed by atoms with E-state index in [1.165, 1.54) is 11.1 Å². The van der Waals surface area contributed by atoms with Crippen LogP contribution in [0.15, 0.2) is 33.6 Å². The maximum Gasteiger partial charge on any atom is 0.123 e. The van der Waals surface area contributed by atoms with Gasteiger partial charge in [-0.15, -0.1) is 0 Å². The smallest absolute Gasteiger partial charge is 0.123 e. The lowest BCUT2D eigenvalue weighted by molar-refractivity contribution is 0.408. The quantitative estimate of drug-likeness (QED) is 0.839. The highest BCUT2D eigenvalue weighted by molar-refractivity contribution is 7.07. The van der Waals surface area contributed by atoms with Gasteiger partial charge in [-0.25, -0.2) is 0 Å². The molecule has 0 amide bonds. The van der Waals surface area contributed by atoms with Crippen LogP contribution in [0.3, 0.4) is 0 Å². The molecule has 0 aliphatic carbocycles. The van der Waals surface area contributed by atoms with Crippen LogP contribution in [0.5, 0.6) is 0 Å². The zero-order valence-electron chi connectivity index (χ0n) is 10.4. The van der Waals surface area contributed by atoms with Crippen LogP contribution in [0.4, 0.5) is 0 Å². The molecule has 0 bridgehead atoms. The van der Waals surface area contributed by atoms with E-state index >= 15 is 0 Å². The van der Waals surface area contributed by atoms with E-state index in [2.05, 4.69) is 36.0 Å². The second kappa shape index (κ2) is 6.03. The van der Waals surface area contributed by atoms with Crippen molar-refractivity contribution in [1.82, 2.24) is 5.32 Å². The highest BCUT2D eigenvalue weighted by atomic mass is 32.1. The van der Waals surface area contributed by atoms with Gasteiger partial charge in [-0.3, -0.25) is 0 Å². The molecule has 0 saturated heterocycles. The Labute approximate surface area is 107 Å². The Balaban J connectivity index is 2.11. The van der Waals surface area contributed by atoms with Crippen molar-refractivity contribution >= 4 is 11.3 Å². The van der Waals surface area contributed by atoms with Crippen LogP contribution in [-0.2, 0) is 6.42 Å². The Morgan fingerprint density at radius 1 is 1.41 bits per heavy atom. The molecular formula is C14H19NOS. The Morgan fingerprint density at radius 3 is 2.88 bits per heavy atom. The highest BCUT2D eigenvalue weighted by Crippen LogP contribution is 2.23. The van der Waals surface area contributed by atoms with Crippen LogP contribution in [0, 0.1) is 6.92 Å². The zero-order valence-corrected chi connectivity index (χ0v) is 11.2. The van der Waals surface area contributed by atoms with Crippen LogP contribution in [0.25, 0.3) is 0 Å². The number of nitrogens with one attached hydrogen (secondary N) is 1. The number of hydrogen-bond donors (Lipinski definition) is 1. The molecule has 0 aromatic carbocycles. The van der Waals surface area contributed by atoms with Gasteiger partial charge in [0.15, 0.2) is 0 Å². The Hall–Kier alpha value is -1.06. The molecule has 2 heterocycles. The van der Waals surface area contributed by atoms with Gasteiger partial charge in [-0.2, -0.15) is 11.3 Å². The minimum absolute atomic E-state index is 0.291. The summed E-state index contributed by atoms with van der Waals surface area (Å²) in [7, 11) is 0. The fourth-order valence-corrected chi connectivity index (χ4v) is 2.64. The molecule has 0 radical (unpaired) electrons. The van der Waals surface area contributed by atoms with Gasteiger partial charge in [0.1, 0.15) is 5.76 Å². The molecule has 2 aromatic rings. The van der Waals surface area contributed by atoms with Crippen molar-refractivity contribution in [1.29, 1.82) is 0 Å². The topological polar surface area (TPSA) is 25.2 Å². The lowest BCUT2D eigenvalue weighted by Gasteiger charge is -2.16. The molecule has 2 rings (SSSR count). The SMILES string of the molecule is CCCNC(Cc1ccsc1)c1occc1C. The Morgan fingerprint density at radius 2 is 2.29 bits per heavy atom. The summed E-state index contributed by atoms with van der Waals surface area (Å²) in [5, 5.41) is 7.90. The highest BCUT2D eigenvalue weighted by Gasteiger charge is 2.16. The molecule has 0 fully saturated rings. The molecule has 1 atom stereocenters. The van der Waals surface area contributed by atoms with Crippen molar-refractivity contribution in [3.8, 4) is 0 Å². The van der Waals surface area contributed by atoms with E-state index in [0.29, 0.717) is 6.04 Å². The molecule has 0 aliphatic rings. The van der Waals surface area contributed by atoms with Crippen molar-refractivity contribution < 1.29 is 4.42 Å². The lowest BCUT2D eigenvalue weighted by atomic mass is 10.0. The minimum Gasteiger partial charge on any atom is -0.467 e. The number of thiophene rings is 1. The molecule has 1 N–H and O–H groups in total. The van der Waals surface area contributed by atoms with E-state index < -0.39 is 0 Å². The number of hydrogen-bond acceptors (Lipinski definition) is 3. The summed E-state index contributed by atoms with van der Waals surface area (Å²) >= 11 is 1.75. The number of rotatable bonds is 6. The third-order valence-electron chi connectivity index (χ3n) is 2.88. The van der Waals surface area contributed by atoms with Gasteiger partial charge in [0, 0.05) is 0 Å². The van der Waals surface area contributed by atoms with E-state index in [-0.39, 0.29) is 0 Å². The van der Waals surface area contributed by atoms with Crippen LogP contribution in [-0.4, -0.2) is 6.54 Å². The molecule has 2 aromatic heterocycles. The molecule has 2 nitrogen and oxygen atoms in total. The third kappa shape index (κ3) is 3.20. The van der Waals surface area contributed by atoms with E-state index in [4.69, 9.17) is 4.42 Å². The molecule has 1 unspecified atom stereocenters. The fourth-order valence-electron chi connectivity index (χ4n) is 1.96. The lowest BCUT2D eigenvalue weighted by Crippen LogP contribution is -2.24. The summed E-state index contributed by atoms with van der Waals surface area (Å²) in [4.78, 5) is 0. The summed E-state index contributed by atoms with van der Waals surface area (Å²) in [5.41, 5.74) is 2.60. The summed E-state index contributed by atoms with van der Waals surface area (Å²) in [5.74, 6) is 1.07. The maximum absolute atomic E-state index is 5.61. The van der Waals surface area contributed by atoms with Crippen LogP contribution >= 0.6 is 11.3 Å². The van der Waals surface area contributed by atoms with E-state index in [1.54, 1.807) is 17.6 Å². The average molecular weight is 249 g/mol. The molecule has 3 heteroatoms. The monoisotopic (exact) mass is 249 g/mol. The van der Waals surface area contributed by atoms with Gasteiger partial charge in [0.2, 0.25) is 0 Å². The fraction of sp³-hybridized carbons (Fsp3) is 0.429. The first-order chi connectivity index (χ1) is 8.31. The summed E-state index contributed by atoms with van der Waals surface area (Å²) in [6.45, 7) is 5.31. The molecular weight excluding hydrogens is 230 g/mol. The van der Waals surface area contributed by atoms with E-state index in [1.807, 2.05) is 6.07 Å². The Bertz CT molecular complexity index is 433. The molecule has 0 spiro atoms. The van der Waals surface area contributed by atoms with Crippen LogP contribution < -0.4 is 5.32 Å². The Kier molecular flexibility index (Phi) is 4.40. The average Bonchev–Trinajstić information content (AvgIpc) is 2.95. The maximum atomic E-state index is 5.61. The van der Waals surface area contributed by atoms with Gasteiger partial charge in [-0.05, 0) is 60.3 Å². The number of aryl methyl sites for hydroxylation is 1. The standard InChI is InChI=1S/C14H19NOS/c1-3-6-15-13(9-12-5-8-17-10-12)14-11(2)4-7-16-14/h4-5,7-8,10,13,15H,3,6,9H2,1-2H3. The minimum atomic E-state index is 0.291. The van der Waals surface area contributed by atoms with E-state index in [0.717, 1.165) is 25.1 Å². The molecule has 92 valence electrons. The third-order valence-corrected chi connectivity index (χ3v) is 3.61. The van der Waals surface area contributed by atoms with Crippen LogP contribution in [0.2, 0.25) is 0 Å². The van der Waals surface area contributed by atoms with Crippen molar-refractivity contribution in [2.75, 3.05) is 6.54 Å². The van der Waals surface area contributed by atoms with Crippen molar-refractivity contribution in [3.05, 3.63) is 46.0 Å². The van der Waals surface area contributed by atoms with Gasteiger partial charge in [0.25, 0.3) is 0 Å². The second-order valence-electron chi connectivity index (χ2n) is 4.31. The first-order valence-electron chi connectivity index (χ1n) is 6.09. The summed E-state index contributed by atoms with van der Waals surface area (Å²) in [6.07, 6.45) is 3.91. The van der Waals surface area contributed by atoms with Crippen LogP contribution in [0.1, 0.15) is 36.3 Å². The largest absolute Gasteiger partial charge is 0.467 e. The zero-order chi connectivity index (χ0) is 12.1.